The molecule has 166 valence electrons. The highest BCUT2D eigenvalue weighted by Gasteiger charge is 2.19. The van der Waals surface area contributed by atoms with E-state index in [1.54, 1.807) is 54.6 Å². The second-order valence-corrected chi connectivity index (χ2v) is 9.23. The van der Waals surface area contributed by atoms with Crippen LogP contribution in [0.1, 0.15) is 21.5 Å². The average molecular weight is 451 g/mol. The van der Waals surface area contributed by atoms with Crippen LogP contribution in [0.15, 0.2) is 85.5 Å². The van der Waals surface area contributed by atoms with Crippen LogP contribution < -0.4 is 14.4 Å². The standard InChI is InChI=1S/C25H26N2O4S/c1-4-16-31-24-11-7-10-22(17-24)26-25(28)20-12-14-23(15-13-20)27(32(3,29)30)18-21-9-6-5-8-19(21)2/h4-15,17H,1,16,18H2,2-3H3,(H,26,28). The van der Waals surface area contributed by atoms with Crippen molar-refractivity contribution in [2.45, 2.75) is 13.5 Å². The molecule has 0 heterocycles. The maximum Gasteiger partial charge on any atom is 0.255 e. The Labute approximate surface area is 189 Å². The SMILES string of the molecule is C=CCOc1cccc(NC(=O)c2ccc(N(Cc3ccccc3C)S(C)(=O)=O)cc2)c1. The van der Waals surface area contributed by atoms with E-state index < -0.39 is 10.0 Å². The van der Waals surface area contributed by atoms with E-state index in [4.69, 9.17) is 4.74 Å². The number of nitrogens with zero attached hydrogens (tertiary/aromatic N) is 1. The molecule has 0 aliphatic heterocycles. The van der Waals surface area contributed by atoms with E-state index in [0.29, 0.717) is 29.3 Å². The number of carbonyl (C=O) groups is 1. The van der Waals surface area contributed by atoms with Gasteiger partial charge in [0, 0.05) is 17.3 Å². The van der Waals surface area contributed by atoms with Gasteiger partial charge in [-0.15, -0.1) is 0 Å². The van der Waals surface area contributed by atoms with Gasteiger partial charge in [0.2, 0.25) is 10.0 Å². The van der Waals surface area contributed by atoms with Crippen molar-refractivity contribution in [3.05, 3.63) is 102 Å². The van der Waals surface area contributed by atoms with Crippen LogP contribution in [0.25, 0.3) is 0 Å². The Balaban J connectivity index is 1.77. The maximum atomic E-state index is 12.7. The Bertz CT molecular complexity index is 1200. The third kappa shape index (κ3) is 5.98. The highest BCUT2D eigenvalue weighted by molar-refractivity contribution is 7.92. The predicted molar refractivity (Wildman–Crippen MR) is 129 cm³/mol. The molecule has 0 radical (unpaired) electrons. The molecule has 6 nitrogen and oxygen atoms in total. The topological polar surface area (TPSA) is 75.7 Å². The van der Waals surface area contributed by atoms with Crippen molar-refractivity contribution in [1.29, 1.82) is 0 Å². The molecule has 1 amide bonds. The fourth-order valence-electron chi connectivity index (χ4n) is 3.14. The summed E-state index contributed by atoms with van der Waals surface area (Å²) >= 11 is 0. The van der Waals surface area contributed by atoms with Gasteiger partial charge in [0.1, 0.15) is 12.4 Å². The quantitative estimate of drug-likeness (QED) is 0.476. The lowest BCUT2D eigenvalue weighted by Crippen LogP contribution is -2.29. The molecule has 32 heavy (non-hydrogen) atoms. The van der Waals surface area contributed by atoms with Crippen LogP contribution >= 0.6 is 0 Å². The van der Waals surface area contributed by atoms with E-state index in [1.807, 2.05) is 31.2 Å². The Morgan fingerprint density at radius 1 is 1.06 bits per heavy atom. The Hall–Kier alpha value is -3.58. The molecule has 0 atom stereocenters. The summed E-state index contributed by atoms with van der Waals surface area (Å²) in [6.07, 6.45) is 2.82. The lowest BCUT2D eigenvalue weighted by Gasteiger charge is -2.23. The molecule has 0 spiro atoms. The third-order valence-corrected chi connectivity index (χ3v) is 5.99. The molecule has 1 N–H and O–H groups in total. The number of carbonyl (C=O) groups excluding carboxylic acids is 1. The van der Waals surface area contributed by atoms with E-state index in [2.05, 4.69) is 11.9 Å². The molecule has 0 unspecified atom stereocenters. The summed E-state index contributed by atoms with van der Waals surface area (Å²) in [5.74, 6) is 0.320. The number of hydrogen-bond donors (Lipinski definition) is 1. The van der Waals surface area contributed by atoms with Crippen molar-refractivity contribution in [3.63, 3.8) is 0 Å². The zero-order valence-corrected chi connectivity index (χ0v) is 18.9. The first-order valence-corrected chi connectivity index (χ1v) is 11.9. The molecular formula is C25H26N2O4S. The number of anilines is 2. The first kappa shape index (κ1) is 23.1. The van der Waals surface area contributed by atoms with E-state index in [1.165, 1.54) is 10.6 Å². The smallest absolute Gasteiger partial charge is 0.255 e. The zero-order chi connectivity index (χ0) is 23.1. The lowest BCUT2D eigenvalue weighted by atomic mass is 10.1. The van der Waals surface area contributed by atoms with Crippen LogP contribution in [0.3, 0.4) is 0 Å². The van der Waals surface area contributed by atoms with E-state index >= 15 is 0 Å². The number of nitrogens with one attached hydrogen (secondary N) is 1. The molecular weight excluding hydrogens is 424 g/mol. The van der Waals surface area contributed by atoms with Gasteiger partial charge in [0.25, 0.3) is 5.91 Å². The van der Waals surface area contributed by atoms with Crippen LogP contribution in [0.4, 0.5) is 11.4 Å². The van der Waals surface area contributed by atoms with Gasteiger partial charge in [0.15, 0.2) is 0 Å². The molecule has 3 aromatic carbocycles. The number of hydrogen-bond acceptors (Lipinski definition) is 4. The zero-order valence-electron chi connectivity index (χ0n) is 18.1. The number of benzene rings is 3. The molecule has 0 aromatic heterocycles. The van der Waals surface area contributed by atoms with Crippen LogP contribution in [0, 0.1) is 6.92 Å². The van der Waals surface area contributed by atoms with E-state index in [0.717, 1.165) is 11.1 Å². The summed E-state index contributed by atoms with van der Waals surface area (Å²) in [6, 6.07) is 21.2. The van der Waals surface area contributed by atoms with Gasteiger partial charge in [-0.05, 0) is 54.4 Å². The Kier molecular flexibility index (Phi) is 7.33. The van der Waals surface area contributed by atoms with Crippen molar-refractivity contribution < 1.29 is 17.9 Å². The summed E-state index contributed by atoms with van der Waals surface area (Å²) in [5.41, 5.74) is 3.43. The van der Waals surface area contributed by atoms with Crippen LogP contribution in [-0.2, 0) is 16.6 Å². The molecule has 0 bridgehead atoms. The minimum absolute atomic E-state index is 0.217. The second kappa shape index (κ2) is 10.2. The predicted octanol–water partition coefficient (Wildman–Crippen LogP) is 4.78. The summed E-state index contributed by atoms with van der Waals surface area (Å²) in [6.45, 7) is 6.15. The van der Waals surface area contributed by atoms with Gasteiger partial charge >= 0.3 is 0 Å². The van der Waals surface area contributed by atoms with Crippen molar-refractivity contribution in [2.75, 3.05) is 22.5 Å². The van der Waals surface area contributed by atoms with Gasteiger partial charge in [0.05, 0.1) is 18.5 Å². The number of aryl methyl sites for hydroxylation is 1. The summed E-state index contributed by atoms with van der Waals surface area (Å²) in [4.78, 5) is 12.7. The van der Waals surface area contributed by atoms with Gasteiger partial charge in [-0.2, -0.15) is 0 Å². The normalized spacial score (nSPS) is 10.9. The molecule has 3 rings (SSSR count). The van der Waals surface area contributed by atoms with Gasteiger partial charge in [-0.3, -0.25) is 9.10 Å². The highest BCUT2D eigenvalue weighted by atomic mass is 32.2. The average Bonchev–Trinajstić information content (AvgIpc) is 2.77. The summed E-state index contributed by atoms with van der Waals surface area (Å²) in [5, 5.41) is 2.82. The largest absolute Gasteiger partial charge is 0.489 e. The molecule has 0 aliphatic rings. The highest BCUT2D eigenvalue weighted by Crippen LogP contribution is 2.23. The van der Waals surface area contributed by atoms with Crippen LogP contribution in [0.5, 0.6) is 5.75 Å². The molecule has 3 aromatic rings. The van der Waals surface area contributed by atoms with Crippen molar-refractivity contribution in [3.8, 4) is 5.75 Å². The van der Waals surface area contributed by atoms with Crippen molar-refractivity contribution in [2.24, 2.45) is 0 Å². The number of sulfonamides is 1. The number of ether oxygens (including phenoxy) is 1. The molecule has 0 saturated heterocycles. The van der Waals surface area contributed by atoms with Crippen LogP contribution in [-0.4, -0.2) is 27.2 Å². The first-order chi connectivity index (χ1) is 15.3. The third-order valence-electron chi connectivity index (χ3n) is 4.85. The molecule has 0 aliphatic carbocycles. The Morgan fingerprint density at radius 3 is 2.44 bits per heavy atom. The summed E-state index contributed by atoms with van der Waals surface area (Å²) in [7, 11) is -3.52. The van der Waals surface area contributed by atoms with Crippen molar-refractivity contribution in [1.82, 2.24) is 0 Å². The van der Waals surface area contributed by atoms with Gasteiger partial charge in [-0.1, -0.05) is 43.0 Å². The first-order valence-electron chi connectivity index (χ1n) is 10.1. The van der Waals surface area contributed by atoms with E-state index in [9.17, 15) is 13.2 Å². The van der Waals surface area contributed by atoms with Crippen LogP contribution in [0.2, 0.25) is 0 Å². The maximum absolute atomic E-state index is 12.7. The van der Waals surface area contributed by atoms with Gasteiger partial charge < -0.3 is 10.1 Å². The monoisotopic (exact) mass is 450 g/mol. The Morgan fingerprint density at radius 2 is 1.78 bits per heavy atom. The molecule has 0 fully saturated rings. The summed E-state index contributed by atoms with van der Waals surface area (Å²) < 4.78 is 31.7. The fraction of sp³-hybridized carbons (Fsp3) is 0.160. The number of amides is 1. The van der Waals surface area contributed by atoms with Gasteiger partial charge in [-0.25, -0.2) is 8.42 Å². The second-order valence-electron chi connectivity index (χ2n) is 7.32. The van der Waals surface area contributed by atoms with E-state index in [-0.39, 0.29) is 12.5 Å². The molecule has 7 heteroatoms. The fourth-order valence-corrected chi connectivity index (χ4v) is 4.02. The minimum atomic E-state index is -3.52. The van der Waals surface area contributed by atoms with Crippen molar-refractivity contribution >= 4 is 27.3 Å². The molecule has 0 saturated carbocycles. The number of rotatable bonds is 9. The minimum Gasteiger partial charge on any atom is -0.489 e. The lowest BCUT2D eigenvalue weighted by molar-refractivity contribution is 0.102.